The van der Waals surface area contributed by atoms with Gasteiger partial charge in [0.15, 0.2) is 0 Å². The van der Waals surface area contributed by atoms with E-state index >= 15 is 0 Å². The van der Waals surface area contributed by atoms with E-state index in [9.17, 15) is 9.59 Å². The van der Waals surface area contributed by atoms with Gasteiger partial charge in [0.1, 0.15) is 0 Å². The normalized spacial score (nSPS) is 16.0. The van der Waals surface area contributed by atoms with E-state index in [1.807, 2.05) is 56.6 Å². The average molecular weight is 365 g/mol. The van der Waals surface area contributed by atoms with E-state index in [2.05, 4.69) is 21.6 Å². The number of hydrogen-bond donors (Lipinski definition) is 2. The van der Waals surface area contributed by atoms with Gasteiger partial charge in [0.2, 0.25) is 11.8 Å². The third-order valence-electron chi connectivity index (χ3n) is 4.91. The second kappa shape index (κ2) is 8.82. The van der Waals surface area contributed by atoms with Gasteiger partial charge in [-0.2, -0.15) is 0 Å². The van der Waals surface area contributed by atoms with Crippen LogP contribution in [0.5, 0.6) is 0 Å². The Morgan fingerprint density at radius 1 is 1.11 bits per heavy atom. The maximum Gasteiger partial charge on any atom is 0.227 e. The van der Waals surface area contributed by atoms with Crippen LogP contribution in [0.3, 0.4) is 0 Å². The molecule has 0 aromatic heterocycles. The summed E-state index contributed by atoms with van der Waals surface area (Å²) in [5.74, 6) is -0.147. The smallest absolute Gasteiger partial charge is 0.227 e. The van der Waals surface area contributed by atoms with Crippen LogP contribution in [0.15, 0.2) is 48.5 Å². The van der Waals surface area contributed by atoms with E-state index in [1.165, 1.54) is 5.56 Å². The van der Waals surface area contributed by atoms with E-state index in [4.69, 9.17) is 0 Å². The van der Waals surface area contributed by atoms with Crippen molar-refractivity contribution in [2.45, 2.75) is 32.4 Å². The third-order valence-corrected chi connectivity index (χ3v) is 4.91. The van der Waals surface area contributed by atoms with Gasteiger partial charge < -0.3 is 15.5 Å². The molecule has 1 aliphatic rings. The molecule has 0 saturated heterocycles. The van der Waals surface area contributed by atoms with E-state index in [-0.39, 0.29) is 17.7 Å². The quantitative estimate of drug-likeness (QED) is 0.793. The molecule has 2 aromatic carbocycles. The van der Waals surface area contributed by atoms with Crippen molar-refractivity contribution in [3.8, 4) is 0 Å². The largest absolute Gasteiger partial charge is 0.352 e. The van der Waals surface area contributed by atoms with Crippen molar-refractivity contribution in [2.24, 2.45) is 5.92 Å². The van der Waals surface area contributed by atoms with Gasteiger partial charge in [-0.25, -0.2) is 0 Å². The summed E-state index contributed by atoms with van der Waals surface area (Å²) in [5, 5.41) is 5.94. The van der Waals surface area contributed by atoms with Crippen molar-refractivity contribution in [3.05, 3.63) is 65.2 Å². The number of carbonyl (C=O) groups excluding carboxylic acids is 2. The summed E-state index contributed by atoms with van der Waals surface area (Å²) in [5.41, 5.74) is 4.37. The van der Waals surface area contributed by atoms with Gasteiger partial charge in [0.05, 0.1) is 0 Å². The summed E-state index contributed by atoms with van der Waals surface area (Å²) in [4.78, 5) is 26.7. The monoisotopic (exact) mass is 365 g/mol. The van der Waals surface area contributed by atoms with Crippen molar-refractivity contribution in [3.63, 3.8) is 0 Å². The Bertz CT molecular complexity index is 817. The van der Waals surface area contributed by atoms with Crippen LogP contribution in [0, 0.1) is 5.92 Å². The van der Waals surface area contributed by atoms with Crippen molar-refractivity contribution < 1.29 is 9.59 Å². The number of hydrogen-bond acceptors (Lipinski definition) is 3. The number of fused-ring (bicyclic) bond motifs is 1. The Labute approximate surface area is 160 Å². The lowest BCUT2D eigenvalue weighted by molar-refractivity contribution is -0.122. The van der Waals surface area contributed by atoms with Crippen LogP contribution in [-0.4, -0.2) is 30.8 Å². The topological polar surface area (TPSA) is 61.4 Å². The zero-order chi connectivity index (χ0) is 19.2. The van der Waals surface area contributed by atoms with Crippen molar-refractivity contribution >= 4 is 17.5 Å². The molecule has 1 unspecified atom stereocenters. The van der Waals surface area contributed by atoms with E-state index in [1.54, 1.807) is 0 Å². The fourth-order valence-electron chi connectivity index (χ4n) is 3.46. The SMILES string of the molecule is CN(C)Cc1ccccc1CNC(=O)CCC1Cc2ccccc2NC1=O. The van der Waals surface area contributed by atoms with Crippen LogP contribution in [0.25, 0.3) is 0 Å². The van der Waals surface area contributed by atoms with Gasteiger partial charge >= 0.3 is 0 Å². The lowest BCUT2D eigenvalue weighted by Crippen LogP contribution is -2.31. The molecule has 2 amide bonds. The maximum absolute atomic E-state index is 12.3. The van der Waals surface area contributed by atoms with Crippen LogP contribution in [0.4, 0.5) is 5.69 Å². The van der Waals surface area contributed by atoms with Crippen molar-refractivity contribution in [1.29, 1.82) is 0 Å². The number of amides is 2. The summed E-state index contributed by atoms with van der Waals surface area (Å²) in [6.07, 6.45) is 1.61. The van der Waals surface area contributed by atoms with Gasteiger partial charge in [-0.05, 0) is 49.7 Å². The number of benzene rings is 2. The molecule has 27 heavy (non-hydrogen) atoms. The first kappa shape index (κ1) is 19.1. The Hall–Kier alpha value is -2.66. The Balaban J connectivity index is 1.50. The van der Waals surface area contributed by atoms with Gasteiger partial charge in [-0.3, -0.25) is 9.59 Å². The lowest BCUT2D eigenvalue weighted by Gasteiger charge is -2.24. The standard InChI is InChI=1S/C22H27N3O2/c1-25(2)15-19-9-4-3-8-18(19)14-23-21(26)12-11-17-13-16-7-5-6-10-20(16)24-22(17)27/h3-10,17H,11-15H2,1-2H3,(H,23,26)(H,24,27). The van der Waals surface area contributed by atoms with Gasteiger partial charge in [0, 0.05) is 31.1 Å². The molecule has 5 nitrogen and oxygen atoms in total. The zero-order valence-corrected chi connectivity index (χ0v) is 16.0. The molecule has 0 aliphatic carbocycles. The highest BCUT2D eigenvalue weighted by Gasteiger charge is 2.26. The van der Waals surface area contributed by atoms with Crippen molar-refractivity contribution in [2.75, 3.05) is 19.4 Å². The summed E-state index contributed by atoms with van der Waals surface area (Å²) >= 11 is 0. The molecule has 0 fully saturated rings. The number of carbonyl (C=O) groups is 2. The van der Waals surface area contributed by atoms with Gasteiger partial charge in [-0.1, -0.05) is 42.5 Å². The van der Waals surface area contributed by atoms with Crippen LogP contribution in [0.2, 0.25) is 0 Å². The molecule has 2 aromatic rings. The third kappa shape index (κ3) is 5.17. The molecule has 0 spiro atoms. The molecule has 0 saturated carbocycles. The van der Waals surface area contributed by atoms with E-state index < -0.39 is 0 Å². The average Bonchev–Trinajstić information content (AvgIpc) is 2.65. The highest BCUT2D eigenvalue weighted by atomic mass is 16.2. The maximum atomic E-state index is 12.3. The summed E-state index contributed by atoms with van der Waals surface area (Å²) in [6, 6.07) is 16.0. The summed E-state index contributed by atoms with van der Waals surface area (Å²) < 4.78 is 0. The molecule has 0 radical (unpaired) electrons. The minimum Gasteiger partial charge on any atom is -0.352 e. The van der Waals surface area contributed by atoms with Crippen LogP contribution < -0.4 is 10.6 Å². The molecule has 142 valence electrons. The summed E-state index contributed by atoms with van der Waals surface area (Å²) in [7, 11) is 4.06. The molecule has 1 heterocycles. The Morgan fingerprint density at radius 3 is 2.59 bits per heavy atom. The van der Waals surface area contributed by atoms with Gasteiger partial charge in [0.25, 0.3) is 0 Å². The number of nitrogens with one attached hydrogen (secondary N) is 2. The fraction of sp³-hybridized carbons (Fsp3) is 0.364. The predicted molar refractivity (Wildman–Crippen MR) is 107 cm³/mol. The number of rotatable bonds is 7. The molecule has 1 atom stereocenters. The van der Waals surface area contributed by atoms with E-state index in [0.29, 0.717) is 25.8 Å². The zero-order valence-electron chi connectivity index (χ0n) is 16.0. The second-order valence-corrected chi connectivity index (χ2v) is 7.37. The van der Waals surface area contributed by atoms with Crippen LogP contribution in [0.1, 0.15) is 29.5 Å². The molecule has 3 rings (SSSR count). The minimum atomic E-state index is -0.147. The second-order valence-electron chi connectivity index (χ2n) is 7.37. The van der Waals surface area contributed by atoms with Gasteiger partial charge in [-0.15, -0.1) is 0 Å². The molecule has 5 heteroatoms. The number of anilines is 1. The van der Waals surface area contributed by atoms with Crippen molar-refractivity contribution in [1.82, 2.24) is 10.2 Å². The first-order valence-electron chi connectivity index (χ1n) is 9.40. The van der Waals surface area contributed by atoms with Crippen LogP contribution in [-0.2, 0) is 29.1 Å². The number of nitrogens with zero attached hydrogens (tertiary/aromatic N) is 1. The first-order valence-corrected chi connectivity index (χ1v) is 9.40. The molecular formula is C22H27N3O2. The Kier molecular flexibility index (Phi) is 6.24. The Morgan fingerprint density at radius 2 is 1.81 bits per heavy atom. The lowest BCUT2D eigenvalue weighted by atomic mass is 9.89. The van der Waals surface area contributed by atoms with E-state index in [0.717, 1.165) is 23.4 Å². The highest BCUT2D eigenvalue weighted by Crippen LogP contribution is 2.27. The number of para-hydroxylation sites is 1. The molecule has 0 bridgehead atoms. The fourth-order valence-corrected chi connectivity index (χ4v) is 3.46. The first-order chi connectivity index (χ1) is 13.0. The minimum absolute atomic E-state index is 0.0119. The van der Waals surface area contributed by atoms with Crippen LogP contribution >= 0.6 is 0 Å². The molecular weight excluding hydrogens is 338 g/mol. The highest BCUT2D eigenvalue weighted by molar-refractivity contribution is 5.96. The molecule has 2 N–H and O–H groups in total. The molecule has 1 aliphatic heterocycles. The predicted octanol–water partition coefficient (Wildman–Crippen LogP) is 2.96. The summed E-state index contributed by atoms with van der Waals surface area (Å²) in [6.45, 7) is 1.36.